The zero-order chi connectivity index (χ0) is 11.9. The van der Waals surface area contributed by atoms with Gasteiger partial charge in [-0.25, -0.2) is 0 Å². The third-order valence-electron chi connectivity index (χ3n) is 3.37. The van der Waals surface area contributed by atoms with Crippen molar-refractivity contribution >= 4 is 11.6 Å². The van der Waals surface area contributed by atoms with Crippen LogP contribution in [0, 0.1) is 5.41 Å². The lowest BCUT2D eigenvalue weighted by Crippen LogP contribution is -2.39. The zero-order valence-electron chi connectivity index (χ0n) is 9.71. The molecule has 1 aliphatic heterocycles. The zero-order valence-corrected chi connectivity index (χ0v) is 9.71. The van der Waals surface area contributed by atoms with Crippen molar-refractivity contribution in [2.45, 2.75) is 26.8 Å². The lowest BCUT2D eigenvalue weighted by molar-refractivity contribution is -0.165. The highest BCUT2D eigenvalue weighted by Gasteiger charge is 2.50. The van der Waals surface area contributed by atoms with Gasteiger partial charge in [-0.05, 0) is 32.9 Å². The minimum atomic E-state index is -0.579. The maximum atomic E-state index is 11.9. The van der Waals surface area contributed by atoms with Gasteiger partial charge >= 0.3 is 0 Å². The van der Waals surface area contributed by atoms with Crippen molar-refractivity contribution < 1.29 is 10.0 Å². The number of carbonyl (C=O) groups is 1. The highest BCUT2D eigenvalue weighted by Crippen LogP contribution is 2.37. The van der Waals surface area contributed by atoms with E-state index in [2.05, 4.69) is 0 Å². The quantitative estimate of drug-likeness (QED) is 0.737. The molecule has 4 heteroatoms. The van der Waals surface area contributed by atoms with Crippen LogP contribution in [0.3, 0.4) is 0 Å². The van der Waals surface area contributed by atoms with E-state index in [-0.39, 0.29) is 11.9 Å². The number of hydrogen-bond acceptors (Lipinski definition) is 3. The molecule has 1 aromatic rings. The van der Waals surface area contributed by atoms with E-state index < -0.39 is 5.41 Å². The molecule has 1 aromatic carbocycles. The number of hydrazine groups is 1. The van der Waals surface area contributed by atoms with Gasteiger partial charge in [-0.2, -0.15) is 0 Å². The van der Waals surface area contributed by atoms with Gasteiger partial charge in [0.05, 0.1) is 17.1 Å². The maximum absolute atomic E-state index is 11.9. The minimum Gasteiger partial charge on any atom is -0.270 e. The van der Waals surface area contributed by atoms with Crippen LogP contribution < -0.4 is 5.01 Å². The van der Waals surface area contributed by atoms with Crippen LogP contribution >= 0.6 is 0 Å². The third-order valence-corrected chi connectivity index (χ3v) is 3.37. The fourth-order valence-corrected chi connectivity index (χ4v) is 1.92. The molecule has 1 amide bonds. The predicted octanol–water partition coefficient (Wildman–Crippen LogP) is 2.05. The van der Waals surface area contributed by atoms with Gasteiger partial charge in [-0.15, -0.1) is 5.17 Å². The summed E-state index contributed by atoms with van der Waals surface area (Å²) in [7, 11) is 0. The Balaban J connectivity index is 2.41. The molecule has 1 unspecified atom stereocenters. The number of hydroxylamine groups is 1. The molecule has 0 spiro atoms. The fourth-order valence-electron chi connectivity index (χ4n) is 1.92. The monoisotopic (exact) mass is 220 g/mol. The van der Waals surface area contributed by atoms with Gasteiger partial charge < -0.3 is 0 Å². The van der Waals surface area contributed by atoms with E-state index in [9.17, 15) is 10.0 Å². The van der Waals surface area contributed by atoms with Gasteiger partial charge in [0.25, 0.3) is 5.91 Å². The second kappa shape index (κ2) is 3.49. The summed E-state index contributed by atoms with van der Waals surface area (Å²) >= 11 is 0. The molecule has 86 valence electrons. The van der Waals surface area contributed by atoms with E-state index in [1.165, 1.54) is 0 Å². The number of hydrogen-bond donors (Lipinski definition) is 1. The molecule has 2 rings (SSSR count). The lowest BCUT2D eigenvalue weighted by Gasteiger charge is -2.29. The van der Waals surface area contributed by atoms with Crippen LogP contribution in [-0.4, -0.2) is 22.3 Å². The Morgan fingerprint density at radius 3 is 2.25 bits per heavy atom. The van der Waals surface area contributed by atoms with E-state index in [0.717, 1.165) is 10.9 Å². The van der Waals surface area contributed by atoms with Crippen molar-refractivity contribution in [1.29, 1.82) is 0 Å². The second-order valence-corrected chi connectivity index (χ2v) is 4.67. The first kappa shape index (κ1) is 11.0. The van der Waals surface area contributed by atoms with E-state index >= 15 is 0 Å². The van der Waals surface area contributed by atoms with Gasteiger partial charge in [-0.3, -0.25) is 15.0 Å². The Morgan fingerprint density at radius 1 is 1.25 bits per heavy atom. The largest absolute Gasteiger partial charge is 0.274 e. The molecule has 0 radical (unpaired) electrons. The lowest BCUT2D eigenvalue weighted by atomic mass is 9.86. The van der Waals surface area contributed by atoms with Crippen molar-refractivity contribution in [2.75, 3.05) is 5.01 Å². The first-order valence-corrected chi connectivity index (χ1v) is 5.34. The normalized spacial score (nSPS) is 24.0. The first-order chi connectivity index (χ1) is 7.46. The molecular weight excluding hydrogens is 204 g/mol. The molecule has 1 heterocycles. The average Bonchev–Trinajstić information content (AvgIpc) is 2.42. The number of benzene rings is 1. The highest BCUT2D eigenvalue weighted by molar-refractivity contribution is 5.87. The third kappa shape index (κ3) is 1.38. The van der Waals surface area contributed by atoms with Crippen LogP contribution in [0.2, 0.25) is 0 Å². The Morgan fingerprint density at radius 2 is 1.81 bits per heavy atom. The SMILES string of the molecule is CC1N(c2ccccc2)N(O)C(=O)C1(C)C. The second-order valence-electron chi connectivity index (χ2n) is 4.67. The summed E-state index contributed by atoms with van der Waals surface area (Å²) in [6.07, 6.45) is 0. The maximum Gasteiger partial charge on any atom is 0.274 e. The Bertz CT molecular complexity index is 403. The smallest absolute Gasteiger partial charge is 0.270 e. The number of nitrogens with zero attached hydrogens (tertiary/aromatic N) is 2. The molecule has 0 saturated carbocycles. The van der Waals surface area contributed by atoms with E-state index in [0.29, 0.717) is 0 Å². The topological polar surface area (TPSA) is 43.8 Å². The summed E-state index contributed by atoms with van der Waals surface area (Å²) in [5, 5.41) is 12.2. The molecule has 1 fully saturated rings. The molecule has 0 bridgehead atoms. The van der Waals surface area contributed by atoms with Crippen LogP contribution in [-0.2, 0) is 4.79 Å². The number of anilines is 1. The summed E-state index contributed by atoms with van der Waals surface area (Å²) in [6, 6.07) is 9.33. The van der Waals surface area contributed by atoms with Gasteiger partial charge in [0, 0.05) is 0 Å². The van der Waals surface area contributed by atoms with Crippen molar-refractivity contribution in [3.8, 4) is 0 Å². The minimum absolute atomic E-state index is 0.0765. The van der Waals surface area contributed by atoms with E-state index in [1.54, 1.807) is 5.01 Å². The van der Waals surface area contributed by atoms with Crippen molar-refractivity contribution in [1.82, 2.24) is 5.17 Å². The molecule has 1 N–H and O–H groups in total. The first-order valence-electron chi connectivity index (χ1n) is 5.34. The Kier molecular flexibility index (Phi) is 2.39. The van der Waals surface area contributed by atoms with Crippen molar-refractivity contribution in [3.63, 3.8) is 0 Å². The van der Waals surface area contributed by atoms with Crippen LogP contribution in [0.1, 0.15) is 20.8 Å². The molecule has 1 saturated heterocycles. The number of carbonyl (C=O) groups excluding carboxylic acids is 1. The van der Waals surface area contributed by atoms with Crippen LogP contribution in [0.15, 0.2) is 30.3 Å². The summed E-state index contributed by atoms with van der Waals surface area (Å²) in [4.78, 5) is 11.9. The Labute approximate surface area is 95.0 Å². The Hall–Kier alpha value is -1.55. The average molecular weight is 220 g/mol. The summed E-state index contributed by atoms with van der Waals surface area (Å²) < 4.78 is 0. The molecule has 1 aliphatic rings. The van der Waals surface area contributed by atoms with Crippen molar-refractivity contribution in [2.24, 2.45) is 5.41 Å². The van der Waals surface area contributed by atoms with Crippen molar-refractivity contribution in [3.05, 3.63) is 30.3 Å². The van der Waals surface area contributed by atoms with E-state index in [4.69, 9.17) is 0 Å². The summed E-state index contributed by atoms with van der Waals surface area (Å²) in [5.74, 6) is -0.274. The van der Waals surface area contributed by atoms with Gasteiger partial charge in [0.15, 0.2) is 0 Å². The van der Waals surface area contributed by atoms with Crippen LogP contribution in [0.5, 0.6) is 0 Å². The summed E-state index contributed by atoms with van der Waals surface area (Å²) in [5.41, 5.74) is 0.237. The fraction of sp³-hybridized carbons (Fsp3) is 0.417. The van der Waals surface area contributed by atoms with Gasteiger partial charge in [0.2, 0.25) is 0 Å². The van der Waals surface area contributed by atoms with Gasteiger partial charge in [-0.1, -0.05) is 18.2 Å². The number of rotatable bonds is 1. The predicted molar refractivity (Wildman–Crippen MR) is 60.8 cm³/mol. The molecule has 16 heavy (non-hydrogen) atoms. The standard InChI is InChI=1S/C12H16N2O2/c1-9-12(2,3)11(15)14(16)13(9)10-7-5-4-6-8-10/h4-9,16H,1-3H3. The van der Waals surface area contributed by atoms with Gasteiger partial charge in [0.1, 0.15) is 0 Å². The number of para-hydroxylation sites is 1. The van der Waals surface area contributed by atoms with E-state index in [1.807, 2.05) is 51.1 Å². The molecule has 4 nitrogen and oxygen atoms in total. The van der Waals surface area contributed by atoms with Crippen LogP contribution in [0.4, 0.5) is 5.69 Å². The molecular formula is C12H16N2O2. The van der Waals surface area contributed by atoms with Crippen LogP contribution in [0.25, 0.3) is 0 Å². The number of amides is 1. The molecule has 1 atom stereocenters. The summed E-state index contributed by atoms with van der Waals surface area (Å²) in [6.45, 7) is 5.61. The highest BCUT2D eigenvalue weighted by atomic mass is 16.6. The molecule has 0 aromatic heterocycles. The molecule has 0 aliphatic carbocycles.